The first-order valence-electron chi connectivity index (χ1n) is 1.13. The van der Waals surface area contributed by atoms with Crippen LogP contribution in [0.4, 0.5) is 0 Å². The summed E-state index contributed by atoms with van der Waals surface area (Å²) >= 11 is 0. The SMILES string of the molecule is C=CC.ClCl. The third-order valence-corrected chi connectivity index (χ3v) is 0. The van der Waals surface area contributed by atoms with E-state index < -0.39 is 0 Å². The number of hydrogen-bond acceptors (Lipinski definition) is 0. The number of halogens is 2. The van der Waals surface area contributed by atoms with E-state index in [1.807, 2.05) is 6.92 Å². The zero-order valence-electron chi connectivity index (χ0n) is 3.04. The van der Waals surface area contributed by atoms with Crippen molar-refractivity contribution in [1.82, 2.24) is 0 Å². The molecule has 0 heterocycles. The topological polar surface area (TPSA) is 0 Å². The predicted octanol–water partition coefficient (Wildman–Crippen LogP) is 2.57. The Morgan fingerprint density at radius 2 is 1.60 bits per heavy atom. The van der Waals surface area contributed by atoms with Crippen LogP contribution in [0.5, 0.6) is 0 Å². The second kappa shape index (κ2) is 27.3. The third-order valence-electron chi connectivity index (χ3n) is 0. The van der Waals surface area contributed by atoms with Crippen molar-refractivity contribution in [2.24, 2.45) is 0 Å². The van der Waals surface area contributed by atoms with Crippen molar-refractivity contribution >= 4 is 21.7 Å². The average Bonchev–Trinajstić information content (AvgIpc) is 1.46. The highest BCUT2D eigenvalue weighted by Gasteiger charge is 1.15. The van der Waals surface area contributed by atoms with E-state index in [0.29, 0.717) is 0 Å². The van der Waals surface area contributed by atoms with Gasteiger partial charge in [-0.3, -0.25) is 0 Å². The molecule has 0 fully saturated rings. The highest BCUT2D eigenvalue weighted by atomic mass is 36.5. The normalized spacial score (nSPS) is 3.80. The Balaban J connectivity index is 0. The summed E-state index contributed by atoms with van der Waals surface area (Å²) in [4.78, 5) is 0. The summed E-state index contributed by atoms with van der Waals surface area (Å²) in [6.07, 6.45) is 1.75. The smallest absolute Gasteiger partial charge is 0 e. The summed E-state index contributed by atoms with van der Waals surface area (Å²) in [6.45, 7) is 5.25. The van der Waals surface area contributed by atoms with Gasteiger partial charge in [0.15, 0.2) is 0 Å². The molecule has 0 aromatic heterocycles. The average molecular weight is 113 g/mol. The van der Waals surface area contributed by atoms with Crippen LogP contribution in [0.2, 0.25) is 0 Å². The van der Waals surface area contributed by atoms with Crippen molar-refractivity contribution in [3.8, 4) is 0 Å². The van der Waals surface area contributed by atoms with Crippen LogP contribution >= 0.6 is 21.7 Å². The van der Waals surface area contributed by atoms with Gasteiger partial charge in [-0.05, 0) is 6.92 Å². The Bertz CT molecular complexity index is 12.4. The lowest BCUT2D eigenvalue weighted by Crippen LogP contribution is -1.07. The lowest BCUT2D eigenvalue weighted by Gasteiger charge is -1.31. The van der Waals surface area contributed by atoms with E-state index in [4.69, 9.17) is 0 Å². The van der Waals surface area contributed by atoms with Crippen LogP contribution in [0.1, 0.15) is 6.92 Å². The van der Waals surface area contributed by atoms with Gasteiger partial charge in [0.25, 0.3) is 0 Å². The third kappa shape index (κ3) is 227. The fourth-order valence-electron chi connectivity index (χ4n) is 0. The van der Waals surface area contributed by atoms with E-state index >= 15 is 0 Å². The van der Waals surface area contributed by atoms with E-state index in [1.165, 1.54) is 0 Å². The minimum atomic E-state index is 1.75. The van der Waals surface area contributed by atoms with Crippen LogP contribution in [0.3, 0.4) is 0 Å². The molecule has 0 spiro atoms. The van der Waals surface area contributed by atoms with E-state index in [1.54, 1.807) is 6.08 Å². The summed E-state index contributed by atoms with van der Waals surface area (Å²) in [5.41, 5.74) is 0. The van der Waals surface area contributed by atoms with Gasteiger partial charge >= 0.3 is 0 Å². The van der Waals surface area contributed by atoms with Crippen molar-refractivity contribution in [2.45, 2.75) is 6.92 Å². The van der Waals surface area contributed by atoms with Crippen molar-refractivity contribution in [1.29, 1.82) is 0 Å². The molecule has 0 amide bonds. The fourth-order valence-corrected chi connectivity index (χ4v) is 0. The summed E-state index contributed by atoms with van der Waals surface area (Å²) < 4.78 is 0. The molecule has 2 heteroatoms. The zero-order valence-corrected chi connectivity index (χ0v) is 4.55. The number of hydrogen-bond donors (Lipinski definition) is 0. The molecule has 0 N–H and O–H groups in total. The minimum Gasteiger partial charge on any atom is -0.103 e. The number of allylic oxidation sites excluding steroid dienone is 1. The molecule has 0 aliphatic carbocycles. The van der Waals surface area contributed by atoms with Crippen LogP contribution in [-0.4, -0.2) is 0 Å². The van der Waals surface area contributed by atoms with Gasteiger partial charge in [0.1, 0.15) is 0 Å². The first-order valence-corrected chi connectivity index (χ1v) is 2.27. The molecule has 0 atom stereocenters. The maximum absolute atomic E-state index is 4.11. The highest BCUT2D eigenvalue weighted by molar-refractivity contribution is 6.85. The first kappa shape index (κ1) is 9.01. The molecule has 32 valence electrons. The van der Waals surface area contributed by atoms with Crippen molar-refractivity contribution in [2.75, 3.05) is 0 Å². The molecule has 0 saturated heterocycles. The number of rotatable bonds is 0. The molecule has 0 bridgehead atoms. The molecule has 0 rings (SSSR count). The Kier molecular flexibility index (Phi) is 49.2. The van der Waals surface area contributed by atoms with Crippen LogP contribution < -0.4 is 0 Å². The van der Waals surface area contributed by atoms with Gasteiger partial charge < -0.3 is 0 Å². The first-order chi connectivity index (χ1) is 2.41. The molecule has 0 radical (unpaired) electrons. The summed E-state index contributed by atoms with van der Waals surface area (Å²) in [5.74, 6) is 0. The Morgan fingerprint density at radius 3 is 1.60 bits per heavy atom. The molecule has 0 aromatic carbocycles. The molecule has 5 heavy (non-hydrogen) atoms. The summed E-state index contributed by atoms with van der Waals surface area (Å²) in [6, 6.07) is 0. The Hall–Kier alpha value is 0.320. The predicted molar refractivity (Wildman–Crippen MR) is 27.6 cm³/mol. The van der Waals surface area contributed by atoms with Gasteiger partial charge in [0.2, 0.25) is 0 Å². The minimum absolute atomic E-state index is 1.75. The zero-order chi connectivity index (χ0) is 4.71. The lowest BCUT2D eigenvalue weighted by atomic mass is 10.8. The Morgan fingerprint density at radius 1 is 1.60 bits per heavy atom. The van der Waals surface area contributed by atoms with E-state index in [0.717, 1.165) is 0 Å². The van der Waals surface area contributed by atoms with Crippen molar-refractivity contribution in [3.05, 3.63) is 12.7 Å². The van der Waals surface area contributed by atoms with Gasteiger partial charge in [0.05, 0.1) is 0 Å². The highest BCUT2D eigenvalue weighted by Crippen LogP contribution is 1.69. The monoisotopic (exact) mass is 112 g/mol. The van der Waals surface area contributed by atoms with E-state index in [-0.39, 0.29) is 0 Å². The van der Waals surface area contributed by atoms with Gasteiger partial charge in [-0.25, -0.2) is 0 Å². The van der Waals surface area contributed by atoms with Crippen LogP contribution in [0.25, 0.3) is 0 Å². The van der Waals surface area contributed by atoms with Crippen LogP contribution in [0, 0.1) is 0 Å². The molecular formula is C3H6Cl2. The molecule has 0 aromatic rings. The van der Waals surface area contributed by atoms with Crippen LogP contribution in [0.15, 0.2) is 12.7 Å². The molecule has 0 aliphatic rings. The van der Waals surface area contributed by atoms with Crippen molar-refractivity contribution < 1.29 is 0 Å². The molecule has 0 aliphatic heterocycles. The summed E-state index contributed by atoms with van der Waals surface area (Å²) in [7, 11) is 8.22. The second-order valence-corrected chi connectivity index (χ2v) is 0.408. The molecule has 0 saturated carbocycles. The standard InChI is InChI=1S/C3H6.Cl2/c1-3-2;1-2/h3H,1H2,2H3;. The lowest BCUT2D eigenvalue weighted by molar-refractivity contribution is 1.80. The quantitative estimate of drug-likeness (QED) is 0.423. The second-order valence-electron chi connectivity index (χ2n) is 0.408. The molecule has 0 nitrogen and oxygen atoms in total. The molecule has 0 unspecified atom stereocenters. The molecular weight excluding hydrogens is 107 g/mol. The summed E-state index contributed by atoms with van der Waals surface area (Å²) in [5, 5.41) is 0. The fraction of sp³-hybridized carbons (Fsp3) is 0.333. The van der Waals surface area contributed by atoms with Gasteiger partial charge in [-0.1, -0.05) is 6.08 Å². The van der Waals surface area contributed by atoms with Crippen LogP contribution in [-0.2, 0) is 0 Å². The van der Waals surface area contributed by atoms with Gasteiger partial charge in [0, 0.05) is 21.7 Å². The van der Waals surface area contributed by atoms with E-state index in [9.17, 15) is 0 Å². The van der Waals surface area contributed by atoms with Gasteiger partial charge in [-0.2, -0.15) is 0 Å². The maximum Gasteiger partial charge on any atom is 0 e. The Labute approximate surface area is 42.0 Å². The maximum atomic E-state index is 4.11. The van der Waals surface area contributed by atoms with E-state index in [2.05, 4.69) is 28.3 Å². The largest absolute Gasteiger partial charge is 0.103 e. The van der Waals surface area contributed by atoms with Crippen molar-refractivity contribution in [3.63, 3.8) is 0 Å². The van der Waals surface area contributed by atoms with Gasteiger partial charge in [-0.15, -0.1) is 6.58 Å².